The van der Waals surface area contributed by atoms with Gasteiger partial charge in [-0.15, -0.1) is 0 Å². The van der Waals surface area contributed by atoms with Crippen LogP contribution in [0.25, 0.3) is 22.3 Å². The zero-order valence-corrected chi connectivity index (χ0v) is 25.6. The molecule has 1 aromatic heterocycles. The van der Waals surface area contributed by atoms with Crippen molar-refractivity contribution in [1.82, 2.24) is 9.80 Å². The van der Waals surface area contributed by atoms with E-state index in [4.69, 9.17) is 9.15 Å². The highest BCUT2D eigenvalue weighted by molar-refractivity contribution is 6.00. The summed E-state index contributed by atoms with van der Waals surface area (Å²) in [7, 11) is 3.41. The average Bonchev–Trinajstić information content (AvgIpc) is 3.02. The Kier molecular flexibility index (Phi) is 8.87. The summed E-state index contributed by atoms with van der Waals surface area (Å²) < 4.78 is 11.7. The highest BCUT2D eigenvalue weighted by Gasteiger charge is 2.41. The molecule has 0 saturated heterocycles. The zero-order chi connectivity index (χ0) is 30.8. The molecule has 226 valence electrons. The monoisotopic (exact) mass is 584 g/mol. The summed E-state index contributed by atoms with van der Waals surface area (Å²) in [5.74, 6) is -2.35. The molecule has 5 rings (SSSR count). The lowest BCUT2D eigenvalue weighted by atomic mass is 9.79. The average molecular weight is 585 g/mol. The molecule has 0 radical (unpaired) electrons. The first-order chi connectivity index (χ1) is 20.6. The second-order valence-electron chi connectivity index (χ2n) is 11.6. The van der Waals surface area contributed by atoms with E-state index in [0.29, 0.717) is 52.8 Å². The number of hydrogen-bond acceptors (Lipinski definition) is 7. The van der Waals surface area contributed by atoms with Gasteiger partial charge in [0.1, 0.15) is 11.3 Å². The second-order valence-corrected chi connectivity index (χ2v) is 11.6. The van der Waals surface area contributed by atoms with Gasteiger partial charge in [0, 0.05) is 47.2 Å². The van der Waals surface area contributed by atoms with Crippen LogP contribution < -0.4 is 5.43 Å². The van der Waals surface area contributed by atoms with Gasteiger partial charge in [0.05, 0.1) is 29.6 Å². The highest BCUT2D eigenvalue weighted by atomic mass is 16.5. The third-order valence-electron chi connectivity index (χ3n) is 9.20. The number of hydrogen-bond donors (Lipinski definition) is 1. The molecule has 1 saturated carbocycles. The Hall–Kier alpha value is -4.17. The first-order valence-corrected chi connectivity index (χ1v) is 15.0. The number of rotatable bonds is 8. The Bertz CT molecular complexity index is 1660. The van der Waals surface area contributed by atoms with Crippen molar-refractivity contribution >= 4 is 22.9 Å². The normalized spacial score (nSPS) is 18.1. The number of nitrogens with zero attached hydrogens (tertiary/aromatic N) is 2. The first kappa shape index (κ1) is 30.3. The minimum Gasteiger partial charge on any atom is -0.478 e. The van der Waals surface area contributed by atoms with Crippen LogP contribution in [0.4, 0.5) is 0 Å². The van der Waals surface area contributed by atoms with Crippen LogP contribution in [-0.4, -0.2) is 60.1 Å². The summed E-state index contributed by atoms with van der Waals surface area (Å²) in [5.41, 5.74) is 3.14. The van der Waals surface area contributed by atoms with E-state index in [0.717, 1.165) is 18.4 Å². The van der Waals surface area contributed by atoms with Gasteiger partial charge in [-0.25, -0.2) is 9.59 Å². The molecular formula is C35H40N2O6. The summed E-state index contributed by atoms with van der Waals surface area (Å²) in [6.07, 6.45) is 6.04. The number of carbonyl (C=O) groups is 2. The van der Waals surface area contributed by atoms with Gasteiger partial charge in [0.15, 0.2) is 5.43 Å². The van der Waals surface area contributed by atoms with Gasteiger partial charge in [-0.2, -0.15) is 0 Å². The van der Waals surface area contributed by atoms with E-state index in [1.807, 2.05) is 42.2 Å². The fourth-order valence-electron chi connectivity index (χ4n) is 6.79. The van der Waals surface area contributed by atoms with Gasteiger partial charge in [-0.05, 0) is 46.7 Å². The molecule has 1 atom stereocenters. The summed E-state index contributed by atoms with van der Waals surface area (Å²) >= 11 is 0. The van der Waals surface area contributed by atoms with Crippen molar-refractivity contribution in [3.63, 3.8) is 0 Å². The standard InChI is InChI=1S/C35H40N2O6/c1-21-31(38)27-18-12-17-26(33(27)43-32(21)24-13-8-6-9-14-24)30-28(34(39)40)22(2)37(23(3)29(30)35(41)42-5)20-19-36(4)25-15-10-7-11-16-25/h6,8-9,12-14,17-18,25,30H,7,10-11,15-16,19-20H2,1-5H3,(H,39,40). The van der Waals surface area contributed by atoms with E-state index in [1.54, 1.807) is 32.0 Å². The Balaban J connectivity index is 1.67. The van der Waals surface area contributed by atoms with E-state index < -0.39 is 17.9 Å². The van der Waals surface area contributed by atoms with Crippen molar-refractivity contribution in [3.05, 3.63) is 92.4 Å². The molecule has 8 nitrogen and oxygen atoms in total. The van der Waals surface area contributed by atoms with Gasteiger partial charge in [0.25, 0.3) is 0 Å². The van der Waals surface area contributed by atoms with Crippen LogP contribution in [0, 0.1) is 6.92 Å². The molecule has 1 fully saturated rings. The molecule has 0 spiro atoms. The van der Waals surface area contributed by atoms with Crippen molar-refractivity contribution in [1.29, 1.82) is 0 Å². The van der Waals surface area contributed by atoms with Gasteiger partial charge in [-0.1, -0.05) is 61.7 Å². The lowest BCUT2D eigenvalue weighted by Gasteiger charge is -2.39. The molecule has 43 heavy (non-hydrogen) atoms. The number of fused-ring (bicyclic) bond motifs is 1. The van der Waals surface area contributed by atoms with E-state index in [2.05, 4.69) is 11.9 Å². The summed E-state index contributed by atoms with van der Waals surface area (Å²) in [6.45, 7) is 6.59. The number of esters is 1. The van der Waals surface area contributed by atoms with Gasteiger partial charge in [0.2, 0.25) is 0 Å². The van der Waals surface area contributed by atoms with Crippen LogP contribution in [0.2, 0.25) is 0 Å². The Morgan fingerprint density at radius 1 is 0.977 bits per heavy atom. The number of allylic oxidation sites excluding steroid dienone is 2. The topological polar surface area (TPSA) is 100 Å². The predicted molar refractivity (Wildman–Crippen MR) is 167 cm³/mol. The van der Waals surface area contributed by atoms with Crippen molar-refractivity contribution in [2.75, 3.05) is 27.2 Å². The van der Waals surface area contributed by atoms with Crippen molar-refractivity contribution in [2.24, 2.45) is 0 Å². The van der Waals surface area contributed by atoms with E-state index in [9.17, 15) is 19.5 Å². The molecule has 1 N–H and O–H groups in total. The number of ether oxygens (including phenoxy) is 1. The minimum atomic E-state index is -1.14. The molecule has 8 heteroatoms. The third kappa shape index (κ3) is 5.64. The Morgan fingerprint density at radius 2 is 1.65 bits per heavy atom. The molecule has 1 aliphatic heterocycles. The summed E-state index contributed by atoms with van der Waals surface area (Å²) in [4.78, 5) is 44.4. The minimum absolute atomic E-state index is 0.0586. The summed E-state index contributed by atoms with van der Waals surface area (Å²) in [6, 6.07) is 14.9. The van der Waals surface area contributed by atoms with E-state index in [1.165, 1.54) is 26.4 Å². The van der Waals surface area contributed by atoms with Crippen LogP contribution in [0.5, 0.6) is 0 Å². The molecule has 2 heterocycles. The molecule has 2 aromatic carbocycles. The number of likely N-dealkylation sites (N-methyl/N-ethyl adjacent to an activating group) is 1. The largest absolute Gasteiger partial charge is 0.478 e. The number of para-hydroxylation sites is 1. The smallest absolute Gasteiger partial charge is 0.336 e. The lowest BCUT2D eigenvalue weighted by Crippen LogP contribution is -2.41. The van der Waals surface area contributed by atoms with E-state index >= 15 is 0 Å². The predicted octanol–water partition coefficient (Wildman–Crippen LogP) is 6.24. The zero-order valence-electron chi connectivity index (χ0n) is 25.6. The van der Waals surface area contributed by atoms with Crippen LogP contribution in [-0.2, 0) is 14.3 Å². The second kappa shape index (κ2) is 12.6. The molecule has 0 bridgehead atoms. The van der Waals surface area contributed by atoms with Gasteiger partial charge in [-0.3, -0.25) is 4.79 Å². The molecule has 1 unspecified atom stereocenters. The number of methoxy groups -OCH3 is 1. The molecular weight excluding hydrogens is 544 g/mol. The quantitative estimate of drug-likeness (QED) is 0.311. The summed E-state index contributed by atoms with van der Waals surface area (Å²) in [5, 5.41) is 11.0. The van der Waals surface area contributed by atoms with Crippen LogP contribution in [0.3, 0.4) is 0 Å². The maximum absolute atomic E-state index is 13.6. The highest BCUT2D eigenvalue weighted by Crippen LogP contribution is 2.45. The first-order valence-electron chi connectivity index (χ1n) is 15.0. The maximum Gasteiger partial charge on any atom is 0.336 e. The lowest BCUT2D eigenvalue weighted by molar-refractivity contribution is -0.136. The van der Waals surface area contributed by atoms with Crippen molar-refractivity contribution in [2.45, 2.75) is 64.8 Å². The number of carbonyl (C=O) groups excluding carboxylic acids is 1. The number of aliphatic carboxylic acids is 1. The fourth-order valence-corrected chi connectivity index (χ4v) is 6.79. The molecule has 1 aliphatic carbocycles. The van der Waals surface area contributed by atoms with Crippen LogP contribution in [0.1, 0.15) is 63.0 Å². The van der Waals surface area contributed by atoms with Crippen LogP contribution in [0.15, 0.2) is 80.3 Å². The third-order valence-corrected chi connectivity index (χ3v) is 9.20. The maximum atomic E-state index is 13.6. The molecule has 0 amide bonds. The van der Waals surface area contributed by atoms with E-state index in [-0.39, 0.29) is 22.2 Å². The number of carboxylic acid groups (broad SMARTS) is 1. The molecule has 3 aromatic rings. The molecule has 2 aliphatic rings. The Labute approximate surface area is 252 Å². The van der Waals surface area contributed by atoms with Crippen molar-refractivity contribution < 1.29 is 23.8 Å². The number of benzene rings is 2. The van der Waals surface area contributed by atoms with Gasteiger partial charge < -0.3 is 24.1 Å². The SMILES string of the molecule is COC(=O)C1=C(C)N(CCN(C)C2CCCCC2)C(C)=C(C(=O)O)C1c1cccc2c(=O)c(C)c(-c3ccccc3)oc12. The van der Waals surface area contributed by atoms with Crippen molar-refractivity contribution in [3.8, 4) is 11.3 Å². The Morgan fingerprint density at radius 3 is 2.30 bits per heavy atom. The fraction of sp³-hybridized carbons (Fsp3) is 0.400. The number of carboxylic acids is 1. The van der Waals surface area contributed by atoms with Crippen LogP contribution >= 0.6 is 0 Å². The van der Waals surface area contributed by atoms with Gasteiger partial charge >= 0.3 is 11.9 Å².